The molecule has 5 nitrogen and oxygen atoms in total. The molecule has 0 bridgehead atoms. The van der Waals surface area contributed by atoms with Crippen LogP contribution in [0.4, 0.5) is 10.5 Å². The zero-order chi connectivity index (χ0) is 17.3. The number of hydrogen-bond acceptors (Lipinski definition) is 3. The minimum Gasteiger partial charge on any atom is -0.442 e. The Kier molecular flexibility index (Phi) is 6.92. The first kappa shape index (κ1) is 20.2. The number of nitrogens with one attached hydrogen (secondary N) is 1. The molecule has 1 radical (unpaired) electrons. The van der Waals surface area contributed by atoms with Crippen LogP contribution >= 0.6 is 0 Å². The number of hydrogen-bond donors (Lipinski definition) is 1. The van der Waals surface area contributed by atoms with E-state index in [1.165, 1.54) is 18.9 Å². The van der Waals surface area contributed by atoms with Crippen LogP contribution in [0.2, 0.25) is 0 Å². The van der Waals surface area contributed by atoms with Crippen molar-refractivity contribution in [3.8, 4) is 0 Å². The molecule has 0 aromatic heterocycles. The third kappa shape index (κ3) is 4.56. The smallest absolute Gasteiger partial charge is 0.413 e. The van der Waals surface area contributed by atoms with Crippen molar-refractivity contribution >= 4 is 17.7 Å². The van der Waals surface area contributed by atoms with Crippen molar-refractivity contribution in [2.45, 2.75) is 38.2 Å². The van der Waals surface area contributed by atoms with Gasteiger partial charge in [0.05, 0.1) is 13.1 Å². The van der Waals surface area contributed by atoms with Crippen LogP contribution < -0.4 is 10.2 Å². The molecule has 1 heterocycles. The number of carbonyl (C=O) groups is 2. The van der Waals surface area contributed by atoms with Crippen molar-refractivity contribution in [2.24, 2.45) is 5.92 Å². The summed E-state index contributed by atoms with van der Waals surface area (Å²) in [7, 11) is 0. The Morgan fingerprint density at radius 2 is 2.16 bits per heavy atom. The van der Waals surface area contributed by atoms with Gasteiger partial charge >= 0.3 is 6.09 Å². The molecule has 1 aromatic rings. The van der Waals surface area contributed by atoms with Crippen LogP contribution in [0, 0.1) is 19.8 Å². The topological polar surface area (TPSA) is 58.6 Å². The average molecular weight is 417 g/mol. The Morgan fingerprint density at radius 3 is 2.76 bits per heavy atom. The first-order valence-corrected chi connectivity index (χ1v) is 8.47. The Labute approximate surface area is 174 Å². The van der Waals surface area contributed by atoms with Gasteiger partial charge in [-0.1, -0.05) is 31.2 Å². The van der Waals surface area contributed by atoms with Crippen LogP contribution in [0.25, 0.3) is 0 Å². The summed E-state index contributed by atoms with van der Waals surface area (Å²) >= 11 is 0. The molecule has 2 aliphatic rings. The molecule has 133 valence electrons. The number of ether oxygens (including phenoxy) is 1. The summed E-state index contributed by atoms with van der Waals surface area (Å²) < 4.78 is 5.31. The normalized spacial score (nSPS) is 25.4. The molecule has 2 amide bonds. The molecule has 3 rings (SSSR count). The van der Waals surface area contributed by atoms with Crippen LogP contribution in [0.5, 0.6) is 0 Å². The molecule has 1 aliphatic heterocycles. The van der Waals surface area contributed by atoms with E-state index < -0.39 is 0 Å². The predicted molar refractivity (Wildman–Crippen MR) is 92.6 cm³/mol. The second-order valence-corrected chi connectivity index (χ2v) is 6.73. The van der Waals surface area contributed by atoms with Gasteiger partial charge in [0, 0.05) is 39.6 Å². The zero-order valence-electron chi connectivity index (χ0n) is 14.7. The molecule has 1 N–H and O–H groups in total. The number of rotatable bonds is 4. The molecule has 6 heteroatoms. The van der Waals surface area contributed by atoms with Gasteiger partial charge in [0.1, 0.15) is 6.10 Å². The van der Waals surface area contributed by atoms with Gasteiger partial charge in [-0.05, 0) is 5.69 Å². The largest absolute Gasteiger partial charge is 0.442 e. The molecule has 3 atom stereocenters. The second-order valence-electron chi connectivity index (χ2n) is 6.73. The SMILES string of the molecule is [CH2-]c1cc(N2C[C@H](CNC(C)=O)OC2=O)ccc1C1CCCC1[CH2-].[Y]. The fraction of sp³-hybridized carbons (Fsp3) is 0.474. The van der Waals surface area contributed by atoms with Crippen molar-refractivity contribution in [3.05, 3.63) is 43.2 Å². The van der Waals surface area contributed by atoms with Crippen LogP contribution in [-0.4, -0.2) is 31.2 Å². The summed E-state index contributed by atoms with van der Waals surface area (Å²) in [5.74, 6) is 0.771. The Bertz CT molecular complexity index is 650. The second kappa shape index (κ2) is 8.54. The van der Waals surface area contributed by atoms with E-state index in [1.54, 1.807) is 4.90 Å². The van der Waals surface area contributed by atoms with Crippen molar-refractivity contribution < 1.29 is 47.0 Å². The Morgan fingerprint density at radius 1 is 1.40 bits per heavy atom. The van der Waals surface area contributed by atoms with Crippen LogP contribution in [0.15, 0.2) is 18.2 Å². The monoisotopic (exact) mass is 417 g/mol. The van der Waals surface area contributed by atoms with E-state index in [0.717, 1.165) is 24.1 Å². The van der Waals surface area contributed by atoms with Gasteiger partial charge in [0.2, 0.25) is 5.91 Å². The maximum Gasteiger partial charge on any atom is 0.413 e. The average Bonchev–Trinajstić information content (AvgIpc) is 3.11. The van der Waals surface area contributed by atoms with Crippen molar-refractivity contribution in [1.29, 1.82) is 0 Å². The maximum absolute atomic E-state index is 12.1. The van der Waals surface area contributed by atoms with Crippen molar-refractivity contribution in [2.75, 3.05) is 18.0 Å². The van der Waals surface area contributed by atoms with E-state index >= 15 is 0 Å². The molecular weight excluding hydrogens is 393 g/mol. The van der Waals surface area contributed by atoms with E-state index in [1.807, 2.05) is 12.1 Å². The van der Waals surface area contributed by atoms with E-state index in [-0.39, 0.29) is 50.8 Å². The van der Waals surface area contributed by atoms with Gasteiger partial charge in [0.25, 0.3) is 0 Å². The minimum absolute atomic E-state index is 0. The maximum atomic E-state index is 12.1. The number of benzene rings is 1. The summed E-state index contributed by atoms with van der Waals surface area (Å²) in [5.41, 5.74) is 2.97. The third-order valence-corrected chi connectivity index (χ3v) is 4.95. The number of carbonyl (C=O) groups excluding carboxylic acids is 2. The fourth-order valence-corrected chi connectivity index (χ4v) is 3.66. The number of amides is 2. The molecule has 1 saturated heterocycles. The summed E-state index contributed by atoms with van der Waals surface area (Å²) in [6.07, 6.45) is 2.82. The zero-order valence-corrected chi connectivity index (χ0v) is 17.5. The fourth-order valence-electron chi connectivity index (χ4n) is 3.66. The first-order valence-electron chi connectivity index (χ1n) is 8.47. The van der Waals surface area contributed by atoms with Gasteiger partial charge in [-0.25, -0.2) is 4.79 Å². The minimum atomic E-state index is -0.381. The predicted octanol–water partition coefficient (Wildman–Crippen LogP) is 3.05. The van der Waals surface area contributed by atoms with Crippen LogP contribution in [-0.2, 0) is 42.2 Å². The number of nitrogens with zero attached hydrogens (tertiary/aromatic N) is 1. The molecule has 25 heavy (non-hydrogen) atoms. The van der Waals surface area contributed by atoms with Gasteiger partial charge in [-0.15, -0.1) is 17.7 Å². The van der Waals surface area contributed by atoms with Crippen molar-refractivity contribution in [1.82, 2.24) is 5.32 Å². The third-order valence-electron chi connectivity index (χ3n) is 4.95. The summed E-state index contributed by atoms with van der Waals surface area (Å²) in [5, 5.41) is 2.68. The van der Waals surface area contributed by atoms with Gasteiger partial charge < -0.3 is 17.0 Å². The van der Waals surface area contributed by atoms with Gasteiger partial charge in [-0.2, -0.15) is 18.4 Å². The molecule has 1 saturated carbocycles. The van der Waals surface area contributed by atoms with Gasteiger partial charge in [-0.3, -0.25) is 9.69 Å². The summed E-state index contributed by atoms with van der Waals surface area (Å²) in [6, 6.07) is 5.97. The van der Waals surface area contributed by atoms with Crippen LogP contribution in [0.3, 0.4) is 0 Å². The molecule has 2 fully saturated rings. The van der Waals surface area contributed by atoms with E-state index in [0.29, 0.717) is 24.9 Å². The number of cyclic esters (lactones) is 1. The summed E-state index contributed by atoms with van der Waals surface area (Å²) in [6.45, 7) is 10.6. The quantitative estimate of drug-likeness (QED) is 0.767. The Balaban J connectivity index is 0.00000225. The first-order chi connectivity index (χ1) is 11.5. The van der Waals surface area contributed by atoms with Crippen LogP contribution in [0.1, 0.15) is 43.2 Å². The molecule has 0 spiro atoms. The molecule has 1 aromatic carbocycles. The van der Waals surface area contributed by atoms with E-state index in [9.17, 15) is 9.59 Å². The molecular formula is C19H24N2O3Y-2. The number of anilines is 1. The van der Waals surface area contributed by atoms with Crippen molar-refractivity contribution in [3.63, 3.8) is 0 Å². The molecule has 2 unspecified atom stereocenters. The van der Waals surface area contributed by atoms with E-state index in [4.69, 9.17) is 4.74 Å². The molecule has 1 aliphatic carbocycles. The summed E-state index contributed by atoms with van der Waals surface area (Å²) in [4.78, 5) is 24.7. The Hall–Kier alpha value is -1.07. The standard InChI is InChI=1S/C19H24N2O3.Y/c1-12-5-4-6-17(12)18-8-7-15(9-13(18)2)21-11-16(24-19(21)23)10-20-14(3)22;/h7-9,12,16-17H,1-2,4-6,10-11H2,3H3,(H,20,22);/q-2;/t12?,16-,17?;/m0./s1. The van der Waals surface area contributed by atoms with E-state index in [2.05, 4.69) is 25.2 Å². The van der Waals surface area contributed by atoms with Gasteiger partial charge in [0.15, 0.2) is 0 Å².